The first kappa shape index (κ1) is 14.3. The Morgan fingerprint density at radius 1 is 1.28 bits per heavy atom. The van der Waals surface area contributed by atoms with Crippen LogP contribution >= 0.6 is 0 Å². The maximum atomic E-state index is 6.10. The number of rotatable bonds is 4. The molecule has 0 bridgehead atoms. The van der Waals surface area contributed by atoms with Gasteiger partial charge in [-0.3, -0.25) is 9.80 Å². The van der Waals surface area contributed by atoms with Gasteiger partial charge in [0.05, 0.1) is 6.61 Å². The molecular formula is C14H29N3O. The molecule has 2 unspecified atom stereocenters. The fourth-order valence-corrected chi connectivity index (χ4v) is 3.33. The van der Waals surface area contributed by atoms with Crippen LogP contribution in [0, 0.1) is 5.92 Å². The van der Waals surface area contributed by atoms with Gasteiger partial charge in [-0.1, -0.05) is 0 Å². The fraction of sp³-hybridized carbons (Fsp3) is 1.00. The zero-order valence-corrected chi connectivity index (χ0v) is 12.2. The molecule has 2 rings (SSSR count). The number of nitrogens with two attached hydrogens (primary N) is 1. The summed E-state index contributed by atoms with van der Waals surface area (Å²) in [7, 11) is 0. The zero-order valence-electron chi connectivity index (χ0n) is 12.2. The Morgan fingerprint density at radius 3 is 2.39 bits per heavy atom. The smallest absolute Gasteiger partial charge is 0.0513 e. The van der Waals surface area contributed by atoms with Gasteiger partial charge >= 0.3 is 0 Å². The maximum Gasteiger partial charge on any atom is 0.0513 e. The Bertz CT molecular complexity index is 258. The number of ether oxygens (including phenoxy) is 1. The van der Waals surface area contributed by atoms with Crippen molar-refractivity contribution in [1.29, 1.82) is 0 Å². The molecule has 0 radical (unpaired) electrons. The van der Waals surface area contributed by atoms with Gasteiger partial charge in [-0.25, -0.2) is 0 Å². The van der Waals surface area contributed by atoms with Crippen LogP contribution in [0.4, 0.5) is 0 Å². The Morgan fingerprint density at radius 2 is 1.94 bits per heavy atom. The van der Waals surface area contributed by atoms with Crippen molar-refractivity contribution in [3.05, 3.63) is 0 Å². The van der Waals surface area contributed by atoms with Gasteiger partial charge in [0.1, 0.15) is 0 Å². The lowest BCUT2D eigenvalue weighted by Crippen LogP contribution is -2.62. The second kappa shape index (κ2) is 5.87. The number of hydrogen-bond acceptors (Lipinski definition) is 4. The second-order valence-corrected chi connectivity index (χ2v) is 6.24. The molecule has 4 heteroatoms. The predicted octanol–water partition coefficient (Wildman–Crippen LogP) is 0.766. The van der Waals surface area contributed by atoms with Gasteiger partial charge in [-0.15, -0.1) is 0 Å². The van der Waals surface area contributed by atoms with E-state index < -0.39 is 0 Å². The molecule has 18 heavy (non-hydrogen) atoms. The van der Waals surface area contributed by atoms with Crippen molar-refractivity contribution < 1.29 is 4.74 Å². The fourth-order valence-electron chi connectivity index (χ4n) is 3.33. The minimum absolute atomic E-state index is 0.125. The molecule has 2 heterocycles. The summed E-state index contributed by atoms with van der Waals surface area (Å²) in [6.07, 6.45) is 1.16. The van der Waals surface area contributed by atoms with Gasteiger partial charge in [0.2, 0.25) is 0 Å². The quantitative estimate of drug-likeness (QED) is 0.805. The predicted molar refractivity (Wildman–Crippen MR) is 74.7 cm³/mol. The number of nitrogens with zero attached hydrogens (tertiary/aromatic N) is 2. The topological polar surface area (TPSA) is 41.7 Å². The van der Waals surface area contributed by atoms with Crippen molar-refractivity contribution in [3.63, 3.8) is 0 Å². The Labute approximate surface area is 111 Å². The van der Waals surface area contributed by atoms with Crippen molar-refractivity contribution in [1.82, 2.24) is 9.80 Å². The lowest BCUT2D eigenvalue weighted by molar-refractivity contribution is -0.000543. The molecule has 0 aromatic carbocycles. The van der Waals surface area contributed by atoms with E-state index in [1.54, 1.807) is 0 Å². The van der Waals surface area contributed by atoms with Crippen molar-refractivity contribution in [2.45, 2.75) is 38.8 Å². The van der Waals surface area contributed by atoms with Gasteiger partial charge in [-0.2, -0.15) is 0 Å². The molecule has 0 aromatic rings. The van der Waals surface area contributed by atoms with Crippen molar-refractivity contribution in [2.75, 3.05) is 45.9 Å². The van der Waals surface area contributed by atoms with E-state index in [0.717, 1.165) is 39.3 Å². The normalized spacial score (nSPS) is 30.8. The van der Waals surface area contributed by atoms with Crippen molar-refractivity contribution >= 4 is 0 Å². The molecule has 2 aliphatic rings. The van der Waals surface area contributed by atoms with E-state index in [2.05, 4.69) is 30.6 Å². The van der Waals surface area contributed by atoms with Gasteiger partial charge in [0.25, 0.3) is 0 Å². The third-order valence-corrected chi connectivity index (χ3v) is 4.99. The summed E-state index contributed by atoms with van der Waals surface area (Å²) in [5.41, 5.74) is 6.23. The molecule has 2 N–H and O–H groups in total. The second-order valence-electron chi connectivity index (χ2n) is 6.24. The van der Waals surface area contributed by atoms with Crippen molar-refractivity contribution in [3.8, 4) is 0 Å². The summed E-state index contributed by atoms with van der Waals surface area (Å²) in [5.74, 6) is 0.605. The van der Waals surface area contributed by atoms with E-state index in [0.29, 0.717) is 12.0 Å². The highest BCUT2D eigenvalue weighted by Gasteiger charge is 2.41. The van der Waals surface area contributed by atoms with Crippen LogP contribution in [0.3, 0.4) is 0 Å². The molecule has 106 valence electrons. The molecule has 2 fully saturated rings. The van der Waals surface area contributed by atoms with Gasteiger partial charge < -0.3 is 10.5 Å². The summed E-state index contributed by atoms with van der Waals surface area (Å²) in [4.78, 5) is 5.16. The highest BCUT2D eigenvalue weighted by atomic mass is 16.5. The largest absolute Gasteiger partial charge is 0.381 e. The average molecular weight is 255 g/mol. The summed E-state index contributed by atoms with van der Waals surface area (Å²) < 4.78 is 5.56. The van der Waals surface area contributed by atoms with E-state index >= 15 is 0 Å². The minimum atomic E-state index is 0.125. The molecule has 0 amide bonds. The number of piperazine rings is 1. The lowest BCUT2D eigenvalue weighted by atomic mass is 9.82. The molecule has 0 saturated carbocycles. The molecular weight excluding hydrogens is 226 g/mol. The summed E-state index contributed by atoms with van der Waals surface area (Å²) in [6.45, 7) is 14.0. The third kappa shape index (κ3) is 2.72. The van der Waals surface area contributed by atoms with Crippen LogP contribution in [0.5, 0.6) is 0 Å². The molecule has 2 atom stereocenters. The first-order valence-corrected chi connectivity index (χ1v) is 7.35. The van der Waals surface area contributed by atoms with E-state index in [1.807, 2.05) is 0 Å². The lowest BCUT2D eigenvalue weighted by Gasteiger charge is -2.49. The van der Waals surface area contributed by atoms with Crippen LogP contribution in [-0.4, -0.2) is 67.3 Å². The molecule has 0 aliphatic carbocycles. The van der Waals surface area contributed by atoms with Crippen LogP contribution in [0.25, 0.3) is 0 Å². The van der Waals surface area contributed by atoms with Crippen LogP contribution < -0.4 is 5.73 Å². The third-order valence-electron chi connectivity index (χ3n) is 4.99. The SMILES string of the molecule is CC(C)N1CCN(C(C)(CN)C2CCOC2)CC1. The standard InChI is InChI=1S/C14H29N3O/c1-12(2)16-5-7-17(8-6-16)14(3,11-15)13-4-9-18-10-13/h12-13H,4-11,15H2,1-3H3. The summed E-state index contributed by atoms with van der Waals surface area (Å²) in [6, 6.07) is 0.658. The van der Waals surface area contributed by atoms with Crippen LogP contribution in [0.2, 0.25) is 0 Å². The Hall–Kier alpha value is -0.160. The van der Waals surface area contributed by atoms with E-state index in [1.165, 1.54) is 13.1 Å². The maximum absolute atomic E-state index is 6.10. The molecule has 0 spiro atoms. The monoisotopic (exact) mass is 255 g/mol. The number of hydrogen-bond donors (Lipinski definition) is 1. The van der Waals surface area contributed by atoms with E-state index in [9.17, 15) is 0 Å². The molecule has 2 aliphatic heterocycles. The van der Waals surface area contributed by atoms with Gasteiger partial charge in [0.15, 0.2) is 0 Å². The molecule has 0 aromatic heterocycles. The zero-order chi connectivity index (χ0) is 13.2. The first-order valence-electron chi connectivity index (χ1n) is 7.35. The minimum Gasteiger partial charge on any atom is -0.381 e. The van der Waals surface area contributed by atoms with Crippen LogP contribution in [-0.2, 0) is 4.74 Å². The highest BCUT2D eigenvalue weighted by Crippen LogP contribution is 2.31. The van der Waals surface area contributed by atoms with Crippen LogP contribution in [0.1, 0.15) is 27.2 Å². The van der Waals surface area contributed by atoms with Crippen molar-refractivity contribution in [2.24, 2.45) is 11.7 Å². The highest BCUT2D eigenvalue weighted by molar-refractivity contribution is 4.97. The van der Waals surface area contributed by atoms with Gasteiger partial charge in [-0.05, 0) is 27.2 Å². The molecule has 4 nitrogen and oxygen atoms in total. The van der Waals surface area contributed by atoms with E-state index in [4.69, 9.17) is 10.5 Å². The molecule has 2 saturated heterocycles. The Balaban J connectivity index is 1.97. The van der Waals surface area contributed by atoms with Gasteiger partial charge in [0, 0.05) is 56.8 Å². The average Bonchev–Trinajstić information content (AvgIpc) is 2.92. The Kier molecular flexibility index (Phi) is 4.64. The van der Waals surface area contributed by atoms with Crippen LogP contribution in [0.15, 0.2) is 0 Å². The van der Waals surface area contributed by atoms with E-state index in [-0.39, 0.29) is 5.54 Å². The summed E-state index contributed by atoms with van der Waals surface area (Å²) in [5, 5.41) is 0. The summed E-state index contributed by atoms with van der Waals surface area (Å²) >= 11 is 0. The first-order chi connectivity index (χ1) is 8.58.